The molecule has 2 heterocycles. The number of carbonyl (C=O) groups excluding carboxylic acids is 1. The summed E-state index contributed by atoms with van der Waals surface area (Å²) in [4.78, 5) is 24.9. The number of aromatic nitrogens is 2. The Morgan fingerprint density at radius 3 is 2.64 bits per heavy atom. The highest BCUT2D eigenvalue weighted by atomic mass is 79.9. The minimum atomic E-state index is -0.676. The zero-order valence-electron chi connectivity index (χ0n) is 20.7. The van der Waals surface area contributed by atoms with Crippen LogP contribution in [0.5, 0.6) is 6.01 Å². The Balaban J connectivity index is 2.00. The third-order valence-electron chi connectivity index (χ3n) is 5.40. The van der Waals surface area contributed by atoms with E-state index in [2.05, 4.69) is 32.0 Å². The van der Waals surface area contributed by atoms with Crippen LogP contribution in [0, 0.1) is 17.1 Å². The van der Waals surface area contributed by atoms with E-state index in [4.69, 9.17) is 30.5 Å². The van der Waals surface area contributed by atoms with E-state index in [1.54, 1.807) is 26.8 Å². The molecule has 13 heteroatoms. The molecule has 0 spiro atoms. The van der Waals surface area contributed by atoms with Crippen molar-refractivity contribution >= 4 is 50.3 Å². The highest BCUT2D eigenvalue weighted by Crippen LogP contribution is 2.37. The minimum absolute atomic E-state index is 0.00376. The second-order valence-corrected chi connectivity index (χ2v) is 10.3. The van der Waals surface area contributed by atoms with Crippen LogP contribution in [0.4, 0.5) is 15.0 Å². The number of nitrogens with zero attached hydrogens (tertiary/aromatic N) is 5. The fourth-order valence-electron chi connectivity index (χ4n) is 3.71. The summed E-state index contributed by atoms with van der Waals surface area (Å²) in [5, 5.41) is 9.92. The van der Waals surface area contributed by atoms with Crippen LogP contribution >= 0.6 is 27.5 Å². The molecule has 1 atom stereocenters. The Labute approximate surface area is 222 Å². The summed E-state index contributed by atoms with van der Waals surface area (Å²) in [6, 6.07) is 3.13. The monoisotopic (exact) mass is 587 g/mol. The van der Waals surface area contributed by atoms with Crippen molar-refractivity contribution in [2.24, 2.45) is 0 Å². The van der Waals surface area contributed by atoms with E-state index in [-0.39, 0.29) is 47.1 Å². The van der Waals surface area contributed by atoms with Crippen LogP contribution in [-0.2, 0) is 14.2 Å². The molecule has 3 rings (SSSR count). The van der Waals surface area contributed by atoms with Gasteiger partial charge in [-0.15, -0.1) is 0 Å². The Morgan fingerprint density at radius 1 is 1.33 bits per heavy atom. The van der Waals surface area contributed by atoms with Gasteiger partial charge < -0.3 is 28.7 Å². The first-order valence-electron chi connectivity index (χ1n) is 11.1. The number of halogens is 3. The number of hydrogen-bond donors (Lipinski definition) is 0. The molecule has 196 valence electrons. The number of nitriles is 1. The van der Waals surface area contributed by atoms with Crippen LogP contribution in [0.2, 0.25) is 5.02 Å². The topological polar surface area (TPSA) is 110 Å². The van der Waals surface area contributed by atoms with Crippen LogP contribution in [-0.4, -0.2) is 79.4 Å². The van der Waals surface area contributed by atoms with Crippen LogP contribution in [0.15, 0.2) is 10.5 Å². The zero-order valence-corrected chi connectivity index (χ0v) is 23.0. The van der Waals surface area contributed by atoms with Crippen molar-refractivity contribution in [2.75, 3.05) is 45.4 Å². The average molecular weight is 589 g/mol. The van der Waals surface area contributed by atoms with Gasteiger partial charge in [-0.25, -0.2) is 9.18 Å². The van der Waals surface area contributed by atoms with Gasteiger partial charge in [-0.05, 0) is 42.8 Å². The number of amides is 1. The van der Waals surface area contributed by atoms with E-state index in [0.29, 0.717) is 17.7 Å². The lowest BCUT2D eigenvalue weighted by Gasteiger charge is -2.41. The molecule has 1 aliphatic rings. The van der Waals surface area contributed by atoms with Crippen molar-refractivity contribution in [1.82, 2.24) is 14.9 Å². The summed E-state index contributed by atoms with van der Waals surface area (Å²) in [6.07, 6.45) is -1.10. The van der Waals surface area contributed by atoms with Crippen molar-refractivity contribution in [3.8, 4) is 12.1 Å². The molecule has 0 unspecified atom stereocenters. The first-order valence-corrected chi connectivity index (χ1v) is 12.3. The van der Waals surface area contributed by atoms with E-state index < -0.39 is 29.8 Å². The maximum absolute atomic E-state index is 15.2. The SMILES string of the molecule is COC(COc1nc(N2CCN(C(=O)OC(C)(C)C)[C@@H](CC#N)C2)c2cc(Cl)c(Br)c(F)c2n1)OC. The van der Waals surface area contributed by atoms with Gasteiger partial charge in [-0.2, -0.15) is 15.2 Å². The predicted molar refractivity (Wildman–Crippen MR) is 135 cm³/mol. The highest BCUT2D eigenvalue weighted by molar-refractivity contribution is 9.10. The molecule has 10 nitrogen and oxygen atoms in total. The molecule has 2 aromatic rings. The number of fused-ring (bicyclic) bond motifs is 1. The smallest absolute Gasteiger partial charge is 0.410 e. The molecule has 0 N–H and O–H groups in total. The van der Waals surface area contributed by atoms with Crippen LogP contribution < -0.4 is 9.64 Å². The number of anilines is 1. The van der Waals surface area contributed by atoms with Gasteiger partial charge in [0.25, 0.3) is 0 Å². The van der Waals surface area contributed by atoms with E-state index in [9.17, 15) is 10.1 Å². The second-order valence-electron chi connectivity index (χ2n) is 9.06. The highest BCUT2D eigenvalue weighted by Gasteiger charge is 2.35. The summed E-state index contributed by atoms with van der Waals surface area (Å²) in [7, 11) is 2.92. The van der Waals surface area contributed by atoms with Crippen molar-refractivity contribution in [2.45, 2.75) is 45.1 Å². The number of rotatable bonds is 7. The molecule has 1 aromatic carbocycles. The van der Waals surface area contributed by atoms with Crippen molar-refractivity contribution in [3.63, 3.8) is 0 Å². The summed E-state index contributed by atoms with van der Waals surface area (Å²) >= 11 is 9.40. The molecular weight excluding hydrogens is 561 g/mol. The lowest BCUT2D eigenvalue weighted by atomic mass is 10.1. The molecule has 1 fully saturated rings. The Kier molecular flexibility index (Phi) is 9.16. The summed E-state index contributed by atoms with van der Waals surface area (Å²) < 4.78 is 36.7. The first kappa shape index (κ1) is 28.1. The average Bonchev–Trinajstić information content (AvgIpc) is 2.82. The Morgan fingerprint density at radius 2 is 2.03 bits per heavy atom. The van der Waals surface area contributed by atoms with Crippen LogP contribution in [0.3, 0.4) is 0 Å². The van der Waals surface area contributed by atoms with E-state index >= 15 is 4.39 Å². The standard InChI is InChI=1S/C23H28BrClFN5O5/c1-23(2,3)36-22(32)31-9-8-30(11-13(31)6-7-27)20-14-10-15(25)17(24)18(26)19(14)28-21(29-20)35-12-16(33-4)34-5/h10,13,16H,6,8-9,11-12H2,1-5H3/t13-/m0/s1. The lowest BCUT2D eigenvalue weighted by molar-refractivity contribution is -0.123. The molecule has 1 saturated heterocycles. The molecule has 0 radical (unpaired) electrons. The summed E-state index contributed by atoms with van der Waals surface area (Å²) in [5.74, 6) is -0.302. The Hall–Kier alpha value is -2.46. The molecule has 0 bridgehead atoms. The molecular formula is C23H28BrClFN5O5. The third-order valence-corrected chi connectivity index (χ3v) is 6.70. The summed E-state index contributed by atoms with van der Waals surface area (Å²) in [6.45, 7) is 6.19. The normalized spacial score (nSPS) is 16.4. The zero-order chi connectivity index (χ0) is 26.6. The van der Waals surface area contributed by atoms with Gasteiger partial charge in [0.15, 0.2) is 12.1 Å². The van der Waals surface area contributed by atoms with Gasteiger partial charge in [0.05, 0.1) is 28.0 Å². The maximum atomic E-state index is 15.2. The van der Waals surface area contributed by atoms with Gasteiger partial charge in [0.1, 0.15) is 23.5 Å². The molecule has 0 saturated carbocycles. The van der Waals surface area contributed by atoms with E-state index in [1.165, 1.54) is 19.1 Å². The van der Waals surface area contributed by atoms with Crippen molar-refractivity contribution in [1.29, 1.82) is 5.26 Å². The second kappa shape index (κ2) is 11.7. The number of carbonyl (C=O) groups is 1. The predicted octanol–water partition coefficient (Wildman–Crippen LogP) is 4.52. The molecule has 0 aliphatic carbocycles. The van der Waals surface area contributed by atoms with E-state index in [1.807, 2.05) is 4.90 Å². The largest absolute Gasteiger partial charge is 0.458 e. The van der Waals surface area contributed by atoms with Gasteiger partial charge >= 0.3 is 12.1 Å². The van der Waals surface area contributed by atoms with Gasteiger partial charge in [0, 0.05) is 39.2 Å². The van der Waals surface area contributed by atoms with E-state index in [0.717, 1.165) is 0 Å². The number of ether oxygens (including phenoxy) is 4. The van der Waals surface area contributed by atoms with Gasteiger partial charge in [-0.1, -0.05) is 11.6 Å². The number of hydrogen-bond acceptors (Lipinski definition) is 9. The molecule has 1 aliphatic heterocycles. The van der Waals surface area contributed by atoms with Crippen LogP contribution in [0.1, 0.15) is 27.2 Å². The molecule has 36 heavy (non-hydrogen) atoms. The van der Waals surface area contributed by atoms with Crippen LogP contribution in [0.25, 0.3) is 10.9 Å². The first-order chi connectivity index (χ1) is 17.0. The number of benzene rings is 1. The minimum Gasteiger partial charge on any atom is -0.458 e. The fourth-order valence-corrected chi connectivity index (χ4v) is 4.20. The quantitative estimate of drug-likeness (QED) is 0.340. The molecule has 1 amide bonds. The van der Waals surface area contributed by atoms with Crippen molar-refractivity contribution in [3.05, 3.63) is 21.4 Å². The molecule has 1 aromatic heterocycles. The van der Waals surface area contributed by atoms with Gasteiger partial charge in [-0.3, -0.25) is 0 Å². The number of methoxy groups -OCH3 is 2. The lowest BCUT2D eigenvalue weighted by Crippen LogP contribution is -2.56. The van der Waals surface area contributed by atoms with Crippen molar-refractivity contribution < 1.29 is 28.1 Å². The maximum Gasteiger partial charge on any atom is 0.410 e. The summed E-state index contributed by atoms with van der Waals surface area (Å²) in [5.41, 5.74) is -0.672. The Bertz CT molecular complexity index is 1150. The van der Waals surface area contributed by atoms with Gasteiger partial charge in [0.2, 0.25) is 0 Å². The fraction of sp³-hybridized carbons (Fsp3) is 0.565. The third kappa shape index (κ3) is 6.45. The number of piperazine rings is 1.